The largest absolute Gasteiger partial charge is 0.428 e. The van der Waals surface area contributed by atoms with Gasteiger partial charge in [0.05, 0.1) is 0 Å². The summed E-state index contributed by atoms with van der Waals surface area (Å²) in [7, 11) is 0. The van der Waals surface area contributed by atoms with E-state index in [9.17, 15) is 26.3 Å². The van der Waals surface area contributed by atoms with Gasteiger partial charge in [0, 0.05) is 0 Å². The van der Waals surface area contributed by atoms with Crippen molar-refractivity contribution in [2.24, 2.45) is 0 Å². The smallest absolute Gasteiger partial charge is 0.226 e. The van der Waals surface area contributed by atoms with Crippen molar-refractivity contribution in [2.75, 3.05) is 0 Å². The predicted molar refractivity (Wildman–Crippen MR) is 30.5 cm³/mol. The van der Waals surface area contributed by atoms with Gasteiger partial charge in [-0.2, -0.15) is 13.2 Å². The first-order valence-corrected chi connectivity index (χ1v) is 2.88. The molecule has 0 saturated carbocycles. The third-order valence-corrected chi connectivity index (χ3v) is 1.25. The fraction of sp³-hybridized carbons (Fsp3) is 0.667. The maximum Gasteiger partial charge on any atom is 0.428 e. The second-order valence-corrected chi connectivity index (χ2v) is 2.35. The summed E-state index contributed by atoms with van der Waals surface area (Å²) in [4.78, 5) is 0. The van der Waals surface area contributed by atoms with E-state index in [1.54, 1.807) is 0 Å². The number of allylic oxidation sites excluding steroid dienone is 2. The first kappa shape index (κ1) is 11.3. The summed E-state index contributed by atoms with van der Waals surface area (Å²) in [5.41, 5.74) is -4.24. The number of halogens is 6. The van der Waals surface area contributed by atoms with Gasteiger partial charge in [0.15, 0.2) is 5.83 Å². The molecule has 0 saturated heterocycles. The lowest BCUT2D eigenvalue weighted by atomic mass is 10.1. The fourth-order valence-corrected chi connectivity index (χ4v) is 0.448. The zero-order valence-electron chi connectivity index (χ0n) is 6.27. The molecule has 0 aromatic heterocycles. The van der Waals surface area contributed by atoms with E-state index in [1.165, 1.54) is 0 Å². The highest BCUT2D eigenvalue weighted by Gasteiger charge is 2.56. The van der Waals surface area contributed by atoms with Crippen molar-refractivity contribution in [2.45, 2.75) is 25.7 Å². The van der Waals surface area contributed by atoms with Crippen molar-refractivity contribution in [3.8, 4) is 0 Å². The Morgan fingerprint density at radius 3 is 1.42 bits per heavy atom. The van der Waals surface area contributed by atoms with Gasteiger partial charge in [0.2, 0.25) is 0 Å². The Balaban J connectivity index is 5.01. The zero-order chi connectivity index (χ0) is 10.2. The summed E-state index contributed by atoms with van der Waals surface area (Å²) in [5, 5.41) is 0. The SMILES string of the molecule is C/C(F)=C(\F)C(C)(F)C(F)(F)F. The highest BCUT2D eigenvalue weighted by atomic mass is 19.4. The summed E-state index contributed by atoms with van der Waals surface area (Å²) < 4.78 is 71.4. The molecule has 1 atom stereocenters. The van der Waals surface area contributed by atoms with Gasteiger partial charge in [-0.3, -0.25) is 0 Å². The summed E-state index contributed by atoms with van der Waals surface area (Å²) in [6, 6.07) is 0. The van der Waals surface area contributed by atoms with Crippen molar-refractivity contribution in [1.29, 1.82) is 0 Å². The standard InChI is InChI=1S/C6H6F6/c1-3(7)4(8)5(2,9)6(10,11)12/h1-2H3/b4-3+. The molecule has 0 aliphatic rings. The summed E-state index contributed by atoms with van der Waals surface area (Å²) in [6.07, 6.45) is -5.44. The van der Waals surface area contributed by atoms with E-state index in [0.29, 0.717) is 6.92 Å². The first-order valence-electron chi connectivity index (χ1n) is 2.88. The molecule has 0 aromatic carbocycles. The molecule has 0 aromatic rings. The Morgan fingerprint density at radius 1 is 1.00 bits per heavy atom. The van der Waals surface area contributed by atoms with Gasteiger partial charge < -0.3 is 0 Å². The highest BCUT2D eigenvalue weighted by molar-refractivity contribution is 5.13. The van der Waals surface area contributed by atoms with Crippen LogP contribution in [0.4, 0.5) is 26.3 Å². The normalized spacial score (nSPS) is 20.0. The van der Waals surface area contributed by atoms with Crippen molar-refractivity contribution in [1.82, 2.24) is 0 Å². The van der Waals surface area contributed by atoms with Gasteiger partial charge >= 0.3 is 6.18 Å². The number of hydrogen-bond acceptors (Lipinski definition) is 0. The molecule has 0 aliphatic heterocycles. The molecule has 0 nitrogen and oxygen atoms in total. The van der Waals surface area contributed by atoms with Crippen LogP contribution in [0.5, 0.6) is 0 Å². The molecule has 72 valence electrons. The van der Waals surface area contributed by atoms with E-state index in [2.05, 4.69) is 0 Å². The number of hydrogen-bond donors (Lipinski definition) is 0. The predicted octanol–water partition coefficient (Wildman–Crippen LogP) is 3.45. The monoisotopic (exact) mass is 192 g/mol. The Bertz CT molecular complexity index is 195. The molecule has 12 heavy (non-hydrogen) atoms. The molecular formula is C6H6F6. The molecular weight excluding hydrogens is 186 g/mol. The minimum atomic E-state index is -5.44. The van der Waals surface area contributed by atoms with E-state index >= 15 is 0 Å². The van der Waals surface area contributed by atoms with Gasteiger partial charge in [-0.25, -0.2) is 13.2 Å². The average Bonchev–Trinajstić information content (AvgIpc) is 1.83. The lowest BCUT2D eigenvalue weighted by Gasteiger charge is -2.21. The van der Waals surface area contributed by atoms with Crippen molar-refractivity contribution >= 4 is 0 Å². The van der Waals surface area contributed by atoms with Crippen molar-refractivity contribution in [3.63, 3.8) is 0 Å². The van der Waals surface area contributed by atoms with Crippen LogP contribution in [0.2, 0.25) is 0 Å². The molecule has 6 heteroatoms. The van der Waals surface area contributed by atoms with Gasteiger partial charge in [-0.15, -0.1) is 0 Å². The van der Waals surface area contributed by atoms with Crippen LogP contribution in [-0.4, -0.2) is 11.8 Å². The van der Waals surface area contributed by atoms with E-state index in [4.69, 9.17) is 0 Å². The van der Waals surface area contributed by atoms with Crippen LogP contribution in [0.3, 0.4) is 0 Å². The Kier molecular flexibility index (Phi) is 2.82. The molecule has 0 heterocycles. The van der Waals surface area contributed by atoms with Crippen LogP contribution in [0.15, 0.2) is 11.7 Å². The molecule has 0 spiro atoms. The van der Waals surface area contributed by atoms with Gasteiger partial charge in [0.1, 0.15) is 5.83 Å². The van der Waals surface area contributed by atoms with Gasteiger partial charge in [0.25, 0.3) is 5.67 Å². The molecule has 0 fully saturated rings. The first-order chi connectivity index (χ1) is 5.10. The maximum absolute atomic E-state index is 12.4. The minimum absolute atomic E-state index is 0.0780. The molecule has 0 radical (unpaired) electrons. The second-order valence-electron chi connectivity index (χ2n) is 2.35. The Labute approximate surface area is 64.9 Å². The van der Waals surface area contributed by atoms with Crippen molar-refractivity contribution in [3.05, 3.63) is 11.7 Å². The van der Waals surface area contributed by atoms with E-state index < -0.39 is 23.5 Å². The van der Waals surface area contributed by atoms with Gasteiger partial charge in [-0.1, -0.05) is 0 Å². The molecule has 0 aliphatic carbocycles. The summed E-state index contributed by atoms with van der Waals surface area (Å²) >= 11 is 0. The topological polar surface area (TPSA) is 0 Å². The van der Waals surface area contributed by atoms with Crippen LogP contribution >= 0.6 is 0 Å². The lowest BCUT2D eigenvalue weighted by molar-refractivity contribution is -0.215. The Hall–Kier alpha value is -0.680. The number of rotatable bonds is 1. The van der Waals surface area contributed by atoms with Crippen LogP contribution in [0, 0.1) is 0 Å². The van der Waals surface area contributed by atoms with Crippen LogP contribution in [0.1, 0.15) is 13.8 Å². The molecule has 1 unspecified atom stereocenters. The summed E-state index contributed by atoms with van der Waals surface area (Å²) in [5.74, 6) is -4.24. The highest BCUT2D eigenvalue weighted by Crippen LogP contribution is 2.41. The van der Waals surface area contributed by atoms with E-state index in [-0.39, 0.29) is 6.92 Å². The average molecular weight is 192 g/mol. The third kappa shape index (κ3) is 1.92. The van der Waals surface area contributed by atoms with Crippen LogP contribution < -0.4 is 0 Å². The lowest BCUT2D eigenvalue weighted by Crippen LogP contribution is -2.38. The Morgan fingerprint density at radius 2 is 1.33 bits per heavy atom. The number of alkyl halides is 4. The second kappa shape index (κ2) is 2.99. The van der Waals surface area contributed by atoms with Gasteiger partial charge in [-0.05, 0) is 13.8 Å². The van der Waals surface area contributed by atoms with Crippen molar-refractivity contribution < 1.29 is 26.3 Å². The minimum Gasteiger partial charge on any atom is -0.226 e. The molecule has 0 rings (SSSR count). The summed E-state index contributed by atoms with van der Waals surface area (Å²) in [6.45, 7) is 0.338. The molecule has 0 amide bonds. The quantitative estimate of drug-likeness (QED) is 0.558. The van der Waals surface area contributed by atoms with Crippen LogP contribution in [0.25, 0.3) is 0 Å². The molecule has 0 N–H and O–H groups in total. The third-order valence-electron chi connectivity index (χ3n) is 1.25. The maximum atomic E-state index is 12.4. The van der Waals surface area contributed by atoms with E-state index in [1.807, 2.05) is 0 Å². The zero-order valence-corrected chi connectivity index (χ0v) is 6.27. The fourth-order valence-electron chi connectivity index (χ4n) is 0.448. The van der Waals surface area contributed by atoms with E-state index in [0.717, 1.165) is 0 Å². The van der Waals surface area contributed by atoms with Crippen LogP contribution in [-0.2, 0) is 0 Å². The molecule has 0 bridgehead atoms.